The molecule has 0 radical (unpaired) electrons. The number of piperazine rings is 1. The molecule has 1 fully saturated rings. The summed E-state index contributed by atoms with van der Waals surface area (Å²) in [6.07, 6.45) is 2.06. The van der Waals surface area contributed by atoms with Crippen LogP contribution in [0.3, 0.4) is 0 Å². The van der Waals surface area contributed by atoms with Crippen LogP contribution in [-0.2, 0) is 4.79 Å². The molecule has 0 spiro atoms. The van der Waals surface area contributed by atoms with Gasteiger partial charge in [0.25, 0.3) is 5.91 Å². The van der Waals surface area contributed by atoms with Crippen molar-refractivity contribution in [2.24, 2.45) is 0 Å². The molecule has 0 aliphatic carbocycles. The predicted octanol–water partition coefficient (Wildman–Crippen LogP) is 1.93. The Balaban J connectivity index is 1.71. The van der Waals surface area contributed by atoms with Crippen LogP contribution in [-0.4, -0.2) is 58.3 Å². The molecule has 25 heavy (non-hydrogen) atoms. The summed E-state index contributed by atoms with van der Waals surface area (Å²) in [6, 6.07) is 5.71. The molecule has 9 heteroatoms. The Kier molecular flexibility index (Phi) is 5.08. The number of halogens is 2. The molecule has 7 nitrogen and oxygen atoms in total. The second-order valence-corrected chi connectivity index (χ2v) is 5.88. The van der Waals surface area contributed by atoms with Gasteiger partial charge in [0, 0.05) is 37.9 Å². The van der Waals surface area contributed by atoms with Crippen LogP contribution in [0.15, 0.2) is 30.6 Å². The van der Waals surface area contributed by atoms with Gasteiger partial charge in [0.15, 0.2) is 0 Å². The molecule has 130 valence electrons. The van der Waals surface area contributed by atoms with Gasteiger partial charge in [-0.05, 0) is 18.2 Å². The fourth-order valence-corrected chi connectivity index (χ4v) is 2.64. The van der Waals surface area contributed by atoms with E-state index in [1.165, 1.54) is 30.6 Å². The number of carbonyl (C=O) groups is 2. The van der Waals surface area contributed by atoms with Gasteiger partial charge in [0.05, 0.1) is 5.02 Å². The van der Waals surface area contributed by atoms with Crippen LogP contribution in [0.5, 0.6) is 0 Å². The topological polar surface area (TPSA) is 78.4 Å². The lowest BCUT2D eigenvalue weighted by atomic mass is 10.2. The van der Waals surface area contributed by atoms with E-state index in [2.05, 4.69) is 15.3 Å². The number of carbonyl (C=O) groups excluding carboxylic acids is 2. The van der Waals surface area contributed by atoms with Crippen molar-refractivity contribution < 1.29 is 14.0 Å². The van der Waals surface area contributed by atoms with Gasteiger partial charge in [-0.2, -0.15) is 0 Å². The summed E-state index contributed by atoms with van der Waals surface area (Å²) in [5.74, 6) is -0.346. The molecule has 1 N–H and O–H groups in total. The molecule has 2 aromatic rings. The van der Waals surface area contributed by atoms with Gasteiger partial charge < -0.3 is 15.1 Å². The zero-order valence-corrected chi connectivity index (χ0v) is 13.9. The number of hydrogen-bond donors (Lipinski definition) is 1. The fraction of sp³-hybridized carbons (Fsp3) is 0.250. The Hall–Kier alpha value is -2.74. The molecule has 0 saturated carbocycles. The lowest BCUT2D eigenvalue weighted by molar-refractivity contribution is -0.119. The van der Waals surface area contributed by atoms with E-state index in [1.54, 1.807) is 9.80 Å². The Bertz CT molecular complexity index is 796. The normalized spacial score (nSPS) is 14.3. The maximum absolute atomic E-state index is 13.2. The van der Waals surface area contributed by atoms with Gasteiger partial charge in [-0.1, -0.05) is 11.6 Å². The van der Waals surface area contributed by atoms with Gasteiger partial charge in [0.1, 0.15) is 23.7 Å². The Morgan fingerprint density at radius 3 is 2.64 bits per heavy atom. The Labute approximate surface area is 148 Å². The first kappa shape index (κ1) is 17.1. The van der Waals surface area contributed by atoms with Crippen molar-refractivity contribution in [2.75, 3.05) is 31.5 Å². The lowest BCUT2D eigenvalue weighted by Crippen LogP contribution is -2.48. The van der Waals surface area contributed by atoms with Gasteiger partial charge in [0.2, 0.25) is 6.41 Å². The summed E-state index contributed by atoms with van der Waals surface area (Å²) in [5.41, 5.74) is 0.786. The number of hydrogen-bond acceptors (Lipinski definition) is 5. The highest BCUT2D eigenvalue weighted by Crippen LogP contribution is 2.22. The van der Waals surface area contributed by atoms with Gasteiger partial charge in [-0.25, -0.2) is 14.4 Å². The van der Waals surface area contributed by atoms with Crippen LogP contribution in [0.4, 0.5) is 15.9 Å². The third-order valence-electron chi connectivity index (χ3n) is 3.83. The zero-order chi connectivity index (χ0) is 17.8. The smallest absolute Gasteiger partial charge is 0.272 e. The van der Waals surface area contributed by atoms with E-state index < -0.39 is 5.82 Å². The maximum atomic E-state index is 13.2. The van der Waals surface area contributed by atoms with Crippen LogP contribution < -0.4 is 5.32 Å². The third-order valence-corrected chi connectivity index (χ3v) is 4.12. The third kappa shape index (κ3) is 4.03. The summed E-state index contributed by atoms with van der Waals surface area (Å²) in [5, 5.41) is 2.95. The SMILES string of the molecule is O=CN1CCN(C(=O)c2cc(Nc3ccc(F)c(Cl)c3)ncn2)CC1. The number of rotatable bonds is 4. The maximum Gasteiger partial charge on any atom is 0.272 e. The average molecular weight is 364 g/mol. The highest BCUT2D eigenvalue weighted by atomic mass is 35.5. The summed E-state index contributed by atoms with van der Waals surface area (Å²) < 4.78 is 13.2. The first-order chi connectivity index (χ1) is 12.1. The van der Waals surface area contributed by atoms with Crippen molar-refractivity contribution in [3.8, 4) is 0 Å². The number of aromatic nitrogens is 2. The lowest BCUT2D eigenvalue weighted by Gasteiger charge is -2.32. The summed E-state index contributed by atoms with van der Waals surface area (Å²) in [6.45, 7) is 1.91. The number of anilines is 2. The van der Waals surface area contributed by atoms with Gasteiger partial charge in [-0.3, -0.25) is 9.59 Å². The van der Waals surface area contributed by atoms with Crippen LogP contribution in [0.1, 0.15) is 10.5 Å². The monoisotopic (exact) mass is 363 g/mol. The summed E-state index contributed by atoms with van der Waals surface area (Å²) >= 11 is 5.75. The average Bonchev–Trinajstić information content (AvgIpc) is 2.64. The minimum atomic E-state index is -0.514. The number of amides is 2. The molecule has 1 aliphatic heterocycles. The molecule has 3 rings (SSSR count). The van der Waals surface area contributed by atoms with E-state index in [4.69, 9.17) is 11.6 Å². The first-order valence-electron chi connectivity index (χ1n) is 7.59. The largest absolute Gasteiger partial charge is 0.342 e. The van der Waals surface area contributed by atoms with Crippen LogP contribution in [0.25, 0.3) is 0 Å². The predicted molar refractivity (Wildman–Crippen MR) is 90.3 cm³/mol. The van der Waals surface area contributed by atoms with E-state index in [0.29, 0.717) is 37.7 Å². The molecule has 0 atom stereocenters. The second kappa shape index (κ2) is 7.43. The van der Waals surface area contributed by atoms with Crippen LogP contribution >= 0.6 is 11.6 Å². The summed E-state index contributed by atoms with van der Waals surface area (Å²) in [4.78, 5) is 34.6. The van der Waals surface area contributed by atoms with E-state index >= 15 is 0 Å². The fourth-order valence-electron chi connectivity index (χ4n) is 2.46. The Morgan fingerprint density at radius 1 is 1.20 bits per heavy atom. The number of nitrogens with one attached hydrogen (secondary N) is 1. The highest BCUT2D eigenvalue weighted by Gasteiger charge is 2.22. The highest BCUT2D eigenvalue weighted by molar-refractivity contribution is 6.31. The Morgan fingerprint density at radius 2 is 1.96 bits per heavy atom. The van der Waals surface area contributed by atoms with E-state index in [9.17, 15) is 14.0 Å². The van der Waals surface area contributed by atoms with Gasteiger partial charge >= 0.3 is 0 Å². The minimum Gasteiger partial charge on any atom is -0.342 e. The molecule has 2 amide bonds. The zero-order valence-electron chi connectivity index (χ0n) is 13.2. The quantitative estimate of drug-likeness (QED) is 0.840. The van der Waals surface area contributed by atoms with Crippen molar-refractivity contribution in [2.45, 2.75) is 0 Å². The van der Waals surface area contributed by atoms with E-state index in [0.717, 1.165) is 6.41 Å². The molecule has 0 unspecified atom stereocenters. The number of nitrogens with zero attached hydrogens (tertiary/aromatic N) is 4. The molecule has 1 saturated heterocycles. The van der Waals surface area contributed by atoms with Crippen molar-refractivity contribution in [1.29, 1.82) is 0 Å². The van der Waals surface area contributed by atoms with Crippen molar-refractivity contribution in [1.82, 2.24) is 19.8 Å². The number of benzene rings is 1. The van der Waals surface area contributed by atoms with Gasteiger partial charge in [-0.15, -0.1) is 0 Å². The van der Waals surface area contributed by atoms with E-state index in [-0.39, 0.29) is 16.6 Å². The van der Waals surface area contributed by atoms with E-state index in [1.807, 2.05) is 0 Å². The molecular weight excluding hydrogens is 349 g/mol. The molecule has 1 aliphatic rings. The van der Waals surface area contributed by atoms with Crippen LogP contribution in [0, 0.1) is 5.82 Å². The van der Waals surface area contributed by atoms with Crippen molar-refractivity contribution in [3.63, 3.8) is 0 Å². The minimum absolute atomic E-state index is 0.0107. The molecule has 1 aromatic carbocycles. The first-order valence-corrected chi connectivity index (χ1v) is 7.97. The van der Waals surface area contributed by atoms with Crippen molar-refractivity contribution in [3.05, 3.63) is 47.1 Å². The molecular formula is C16H15ClFN5O2. The van der Waals surface area contributed by atoms with Crippen molar-refractivity contribution >= 4 is 35.4 Å². The molecule has 2 heterocycles. The standard InChI is InChI=1S/C16H15ClFN5O2/c17-12-7-11(1-2-13(12)18)21-15-8-14(19-9-20-15)16(25)23-5-3-22(10-24)4-6-23/h1-2,7-10H,3-6H2,(H,19,20,21). The second-order valence-electron chi connectivity index (χ2n) is 5.48. The molecule has 1 aromatic heterocycles. The van der Waals surface area contributed by atoms with Crippen LogP contribution in [0.2, 0.25) is 5.02 Å². The summed E-state index contributed by atoms with van der Waals surface area (Å²) in [7, 11) is 0. The molecule has 0 bridgehead atoms.